The number of pyridine rings is 1. The van der Waals surface area contributed by atoms with Gasteiger partial charge in [0, 0.05) is 11.1 Å². The summed E-state index contributed by atoms with van der Waals surface area (Å²) in [5, 5.41) is 2.07. The molecule has 0 saturated carbocycles. The highest BCUT2D eigenvalue weighted by Crippen LogP contribution is 2.26. The second-order valence-corrected chi connectivity index (χ2v) is 4.91. The Labute approximate surface area is 99.3 Å². The Kier molecular flexibility index (Phi) is 3.33. The zero-order valence-corrected chi connectivity index (χ0v) is 10.2. The van der Waals surface area contributed by atoms with E-state index in [-0.39, 0.29) is 6.04 Å². The van der Waals surface area contributed by atoms with Gasteiger partial charge < -0.3 is 0 Å². The summed E-state index contributed by atoms with van der Waals surface area (Å²) in [6, 6.07) is 6.11. The largest absolute Gasteiger partial charge is 0.271 e. The molecule has 0 aliphatic rings. The first-order chi connectivity index (χ1) is 7.72. The minimum atomic E-state index is -0.0221. The van der Waals surface area contributed by atoms with Crippen LogP contribution >= 0.6 is 11.3 Å². The molecule has 84 valence electrons. The van der Waals surface area contributed by atoms with Crippen molar-refractivity contribution in [1.29, 1.82) is 0 Å². The van der Waals surface area contributed by atoms with Crippen molar-refractivity contribution < 1.29 is 0 Å². The summed E-state index contributed by atoms with van der Waals surface area (Å²) >= 11 is 1.72. The molecule has 2 aromatic rings. The minimum Gasteiger partial charge on any atom is -0.271 e. The molecule has 4 heteroatoms. The van der Waals surface area contributed by atoms with Gasteiger partial charge in [0.15, 0.2) is 0 Å². The van der Waals surface area contributed by atoms with E-state index in [4.69, 9.17) is 5.84 Å². The maximum absolute atomic E-state index is 5.63. The molecule has 3 N–H and O–H groups in total. The average Bonchev–Trinajstić information content (AvgIpc) is 2.67. The van der Waals surface area contributed by atoms with E-state index in [0.29, 0.717) is 0 Å². The van der Waals surface area contributed by atoms with E-state index in [2.05, 4.69) is 41.8 Å². The molecule has 0 aromatic carbocycles. The SMILES string of the molecule is Cc1ccnc(C(NN)c2ccsc2C)c1. The van der Waals surface area contributed by atoms with E-state index in [1.54, 1.807) is 11.3 Å². The van der Waals surface area contributed by atoms with Gasteiger partial charge in [0.1, 0.15) is 0 Å². The Hall–Kier alpha value is -1.23. The molecule has 0 aliphatic carbocycles. The summed E-state index contributed by atoms with van der Waals surface area (Å²) in [7, 11) is 0. The number of hydrazine groups is 1. The third-order valence-corrected chi connectivity index (χ3v) is 3.47. The molecule has 3 nitrogen and oxygen atoms in total. The lowest BCUT2D eigenvalue weighted by Crippen LogP contribution is -2.29. The van der Waals surface area contributed by atoms with Crippen molar-refractivity contribution in [2.75, 3.05) is 0 Å². The molecule has 0 saturated heterocycles. The number of nitrogens with one attached hydrogen (secondary N) is 1. The second kappa shape index (κ2) is 4.74. The molecular formula is C12H15N3S. The van der Waals surface area contributed by atoms with Crippen LogP contribution in [0, 0.1) is 13.8 Å². The third kappa shape index (κ3) is 2.14. The van der Waals surface area contributed by atoms with E-state index in [1.807, 2.05) is 12.3 Å². The van der Waals surface area contributed by atoms with Crippen molar-refractivity contribution in [2.45, 2.75) is 19.9 Å². The topological polar surface area (TPSA) is 50.9 Å². The van der Waals surface area contributed by atoms with E-state index in [9.17, 15) is 0 Å². The van der Waals surface area contributed by atoms with Crippen LogP contribution in [0.4, 0.5) is 0 Å². The highest BCUT2D eigenvalue weighted by atomic mass is 32.1. The number of aryl methyl sites for hydroxylation is 2. The number of nitrogens with zero attached hydrogens (tertiary/aromatic N) is 1. The molecule has 2 aromatic heterocycles. The fourth-order valence-corrected chi connectivity index (χ4v) is 2.49. The van der Waals surface area contributed by atoms with Crippen LogP contribution in [0.5, 0.6) is 0 Å². The summed E-state index contributed by atoms with van der Waals surface area (Å²) in [5.74, 6) is 5.63. The number of aromatic nitrogens is 1. The molecule has 16 heavy (non-hydrogen) atoms. The third-order valence-electron chi connectivity index (χ3n) is 2.61. The van der Waals surface area contributed by atoms with E-state index < -0.39 is 0 Å². The van der Waals surface area contributed by atoms with Crippen LogP contribution < -0.4 is 11.3 Å². The summed E-state index contributed by atoms with van der Waals surface area (Å²) in [6.45, 7) is 4.15. The zero-order valence-electron chi connectivity index (χ0n) is 9.40. The average molecular weight is 233 g/mol. The normalized spacial score (nSPS) is 12.7. The molecule has 1 atom stereocenters. The number of nitrogens with two attached hydrogens (primary N) is 1. The van der Waals surface area contributed by atoms with Gasteiger partial charge in [-0.1, -0.05) is 0 Å². The van der Waals surface area contributed by atoms with E-state index in [0.717, 1.165) is 5.69 Å². The molecule has 0 bridgehead atoms. The monoisotopic (exact) mass is 233 g/mol. The Morgan fingerprint density at radius 1 is 1.38 bits per heavy atom. The smallest absolute Gasteiger partial charge is 0.0892 e. The van der Waals surface area contributed by atoms with Crippen molar-refractivity contribution in [3.05, 3.63) is 51.5 Å². The predicted molar refractivity (Wildman–Crippen MR) is 67.2 cm³/mol. The first kappa shape index (κ1) is 11.3. The summed E-state index contributed by atoms with van der Waals surface area (Å²) < 4.78 is 0. The van der Waals surface area contributed by atoms with Crippen LogP contribution in [-0.4, -0.2) is 4.98 Å². The molecule has 0 fully saturated rings. The number of thiophene rings is 1. The molecular weight excluding hydrogens is 218 g/mol. The van der Waals surface area contributed by atoms with Crippen molar-refractivity contribution in [3.8, 4) is 0 Å². The van der Waals surface area contributed by atoms with Gasteiger partial charge in [-0.2, -0.15) is 0 Å². The molecule has 1 unspecified atom stereocenters. The van der Waals surface area contributed by atoms with Crippen molar-refractivity contribution >= 4 is 11.3 Å². The van der Waals surface area contributed by atoms with Crippen LogP contribution in [0.15, 0.2) is 29.8 Å². The van der Waals surface area contributed by atoms with Gasteiger partial charge in [-0.15, -0.1) is 11.3 Å². The Balaban J connectivity index is 2.40. The van der Waals surface area contributed by atoms with Crippen molar-refractivity contribution in [2.24, 2.45) is 5.84 Å². The van der Waals surface area contributed by atoms with Gasteiger partial charge in [0.25, 0.3) is 0 Å². The van der Waals surface area contributed by atoms with Crippen molar-refractivity contribution in [3.63, 3.8) is 0 Å². The van der Waals surface area contributed by atoms with Crippen LogP contribution in [0.25, 0.3) is 0 Å². The molecule has 0 amide bonds. The van der Waals surface area contributed by atoms with E-state index >= 15 is 0 Å². The maximum Gasteiger partial charge on any atom is 0.0892 e. The van der Waals surface area contributed by atoms with Gasteiger partial charge in [-0.3, -0.25) is 10.8 Å². The summed E-state index contributed by atoms with van der Waals surface area (Å²) in [4.78, 5) is 5.64. The lowest BCUT2D eigenvalue weighted by molar-refractivity contribution is 0.619. The highest BCUT2D eigenvalue weighted by Gasteiger charge is 2.16. The zero-order chi connectivity index (χ0) is 11.5. The number of rotatable bonds is 3. The fraction of sp³-hybridized carbons (Fsp3) is 0.250. The van der Waals surface area contributed by atoms with Gasteiger partial charge in [-0.05, 0) is 48.6 Å². The van der Waals surface area contributed by atoms with Gasteiger partial charge in [0.05, 0.1) is 11.7 Å². The van der Waals surface area contributed by atoms with Crippen LogP contribution in [-0.2, 0) is 0 Å². The minimum absolute atomic E-state index is 0.0221. The molecule has 0 radical (unpaired) electrons. The first-order valence-corrected chi connectivity index (χ1v) is 6.03. The van der Waals surface area contributed by atoms with E-state index in [1.165, 1.54) is 16.0 Å². The lowest BCUT2D eigenvalue weighted by Gasteiger charge is -2.15. The Morgan fingerprint density at radius 2 is 2.19 bits per heavy atom. The maximum atomic E-state index is 5.63. The lowest BCUT2D eigenvalue weighted by atomic mass is 10.0. The molecule has 0 spiro atoms. The van der Waals surface area contributed by atoms with Crippen LogP contribution in [0.3, 0.4) is 0 Å². The van der Waals surface area contributed by atoms with Gasteiger partial charge in [0.2, 0.25) is 0 Å². The molecule has 2 heterocycles. The second-order valence-electron chi connectivity index (χ2n) is 3.79. The fourth-order valence-electron chi connectivity index (χ4n) is 1.75. The number of hydrogen-bond acceptors (Lipinski definition) is 4. The van der Waals surface area contributed by atoms with Gasteiger partial charge >= 0.3 is 0 Å². The first-order valence-electron chi connectivity index (χ1n) is 5.15. The summed E-state index contributed by atoms with van der Waals surface area (Å²) in [5.41, 5.74) is 6.19. The Morgan fingerprint density at radius 3 is 2.75 bits per heavy atom. The quantitative estimate of drug-likeness (QED) is 0.632. The van der Waals surface area contributed by atoms with Gasteiger partial charge in [-0.25, -0.2) is 5.43 Å². The standard InChI is InChI=1S/C12H15N3S/c1-8-3-5-14-11(7-8)12(15-13)10-4-6-16-9(10)2/h3-7,12,15H,13H2,1-2H3. The Bertz CT molecular complexity index is 479. The highest BCUT2D eigenvalue weighted by molar-refractivity contribution is 7.10. The van der Waals surface area contributed by atoms with Crippen LogP contribution in [0.2, 0.25) is 0 Å². The molecule has 0 aliphatic heterocycles. The van der Waals surface area contributed by atoms with Crippen molar-refractivity contribution in [1.82, 2.24) is 10.4 Å². The van der Waals surface area contributed by atoms with Crippen LogP contribution in [0.1, 0.15) is 27.7 Å². The predicted octanol–water partition coefficient (Wildman–Crippen LogP) is 2.31. The number of hydrogen-bond donors (Lipinski definition) is 2. The molecule has 2 rings (SSSR count). The summed E-state index contributed by atoms with van der Waals surface area (Å²) in [6.07, 6.45) is 1.82.